The molecular formula is C31H31N3O6S. The predicted molar refractivity (Wildman–Crippen MR) is 158 cm³/mol. The van der Waals surface area contributed by atoms with Crippen LogP contribution in [-0.2, 0) is 14.8 Å². The van der Waals surface area contributed by atoms with Crippen LogP contribution < -0.4 is 24.4 Å². The summed E-state index contributed by atoms with van der Waals surface area (Å²) in [5.41, 5.74) is 1.60. The number of methoxy groups -OCH3 is 2. The average molecular weight is 574 g/mol. The fourth-order valence-corrected chi connectivity index (χ4v) is 5.65. The molecule has 9 nitrogen and oxygen atoms in total. The third-order valence-corrected chi connectivity index (χ3v) is 8.16. The Kier molecular flexibility index (Phi) is 9.26. The van der Waals surface area contributed by atoms with Crippen molar-refractivity contribution < 1.29 is 27.5 Å². The maximum atomic E-state index is 13.8. The second kappa shape index (κ2) is 13.0. The van der Waals surface area contributed by atoms with Crippen LogP contribution in [0.15, 0.2) is 108 Å². The molecule has 0 aliphatic carbocycles. The number of hydrogen-bond donors (Lipinski definition) is 2. The molecule has 1 atom stereocenters. The van der Waals surface area contributed by atoms with Gasteiger partial charge in [0.25, 0.3) is 15.9 Å². The third kappa shape index (κ3) is 6.85. The molecule has 4 rings (SSSR count). The van der Waals surface area contributed by atoms with E-state index in [9.17, 15) is 18.0 Å². The highest BCUT2D eigenvalue weighted by molar-refractivity contribution is 7.92. The summed E-state index contributed by atoms with van der Waals surface area (Å²) < 4.78 is 39.1. The topological polar surface area (TPSA) is 114 Å². The summed E-state index contributed by atoms with van der Waals surface area (Å²) in [7, 11) is -1.31. The molecule has 0 radical (unpaired) electrons. The lowest BCUT2D eigenvalue weighted by Crippen LogP contribution is -2.38. The average Bonchev–Trinajstić information content (AvgIpc) is 3.00. The van der Waals surface area contributed by atoms with E-state index in [1.165, 1.54) is 38.5 Å². The maximum Gasteiger partial charge on any atom is 0.264 e. The summed E-state index contributed by atoms with van der Waals surface area (Å²) in [4.78, 5) is 26.5. The zero-order chi connectivity index (χ0) is 29.4. The fourth-order valence-electron chi connectivity index (χ4n) is 4.22. The van der Waals surface area contributed by atoms with Gasteiger partial charge in [0.15, 0.2) is 0 Å². The number of carbonyl (C=O) groups is 2. The number of ether oxygens (including phenoxy) is 2. The molecule has 41 heavy (non-hydrogen) atoms. The molecule has 0 heterocycles. The van der Waals surface area contributed by atoms with E-state index in [-0.39, 0.29) is 39.5 Å². The Labute approximate surface area is 239 Å². The number of amides is 2. The van der Waals surface area contributed by atoms with Crippen LogP contribution in [0.25, 0.3) is 0 Å². The lowest BCUT2D eigenvalue weighted by molar-refractivity contribution is -0.114. The molecular weight excluding hydrogens is 542 g/mol. The van der Waals surface area contributed by atoms with Gasteiger partial charge in [-0.1, -0.05) is 54.6 Å². The minimum Gasteiger partial charge on any atom is -0.497 e. The van der Waals surface area contributed by atoms with Crippen molar-refractivity contribution in [1.82, 2.24) is 5.32 Å². The van der Waals surface area contributed by atoms with E-state index in [4.69, 9.17) is 9.47 Å². The highest BCUT2D eigenvalue weighted by atomic mass is 32.2. The van der Waals surface area contributed by atoms with Gasteiger partial charge < -0.3 is 20.1 Å². The SMILES string of the molecule is COc1ccc(S(=O)(=O)N(CC(=O)Nc2ccccc2C(=O)N[C@H](C)c2ccccc2)c2ccccc2OC)cc1. The van der Waals surface area contributed by atoms with Gasteiger partial charge in [-0.3, -0.25) is 13.9 Å². The number of carbonyl (C=O) groups excluding carboxylic acids is 2. The summed E-state index contributed by atoms with van der Waals surface area (Å²) in [5, 5.41) is 5.66. The Morgan fingerprint density at radius 1 is 0.805 bits per heavy atom. The molecule has 0 bridgehead atoms. The maximum absolute atomic E-state index is 13.8. The van der Waals surface area contributed by atoms with Crippen LogP contribution >= 0.6 is 0 Å². The predicted octanol–water partition coefficient (Wildman–Crippen LogP) is 5.03. The van der Waals surface area contributed by atoms with Crippen LogP contribution in [-0.4, -0.2) is 41.0 Å². The molecule has 4 aromatic carbocycles. The number of hydrogen-bond acceptors (Lipinski definition) is 6. The molecule has 2 amide bonds. The van der Waals surface area contributed by atoms with E-state index in [0.29, 0.717) is 5.75 Å². The van der Waals surface area contributed by atoms with Crippen LogP contribution in [0.3, 0.4) is 0 Å². The molecule has 0 aromatic heterocycles. The van der Waals surface area contributed by atoms with Gasteiger partial charge in [0, 0.05) is 0 Å². The Balaban J connectivity index is 1.61. The van der Waals surface area contributed by atoms with Crippen molar-refractivity contribution in [3.05, 3.63) is 114 Å². The first kappa shape index (κ1) is 29.2. The summed E-state index contributed by atoms with van der Waals surface area (Å²) in [6.45, 7) is 1.29. The van der Waals surface area contributed by atoms with Crippen LogP contribution in [0, 0.1) is 0 Å². The molecule has 0 fully saturated rings. The summed E-state index contributed by atoms with van der Waals surface area (Å²) in [6.07, 6.45) is 0. The lowest BCUT2D eigenvalue weighted by atomic mass is 10.1. The molecule has 0 saturated carbocycles. The summed E-state index contributed by atoms with van der Waals surface area (Å²) >= 11 is 0. The van der Waals surface area contributed by atoms with Gasteiger partial charge in [0.2, 0.25) is 5.91 Å². The number of benzene rings is 4. The summed E-state index contributed by atoms with van der Waals surface area (Å²) in [5.74, 6) is -0.275. The minimum atomic E-state index is -4.21. The number of sulfonamides is 1. The van der Waals surface area contributed by atoms with E-state index in [1.807, 2.05) is 37.3 Å². The fraction of sp³-hybridized carbons (Fsp3) is 0.161. The quantitative estimate of drug-likeness (QED) is 0.260. The standard InChI is InChI=1S/C31H31N3O6S/c1-22(23-11-5-4-6-12-23)32-31(36)26-13-7-8-14-27(26)33-30(35)21-34(28-15-9-10-16-29(28)40-3)41(37,38)25-19-17-24(39-2)18-20-25/h4-20,22H,21H2,1-3H3,(H,32,36)(H,33,35)/t22-/m1/s1. The zero-order valence-electron chi connectivity index (χ0n) is 22.9. The van der Waals surface area contributed by atoms with Crippen molar-refractivity contribution in [2.45, 2.75) is 17.9 Å². The largest absolute Gasteiger partial charge is 0.497 e. The Morgan fingerprint density at radius 2 is 1.44 bits per heavy atom. The van der Waals surface area contributed by atoms with Gasteiger partial charge in [-0.15, -0.1) is 0 Å². The third-order valence-electron chi connectivity index (χ3n) is 6.38. The Bertz CT molecular complexity index is 1610. The molecule has 4 aromatic rings. The molecule has 0 spiro atoms. The Hall–Kier alpha value is -4.83. The Morgan fingerprint density at radius 3 is 2.12 bits per heavy atom. The lowest BCUT2D eigenvalue weighted by Gasteiger charge is -2.26. The molecule has 0 aliphatic rings. The minimum absolute atomic E-state index is 0.0355. The van der Waals surface area contributed by atoms with E-state index in [0.717, 1.165) is 9.87 Å². The van der Waals surface area contributed by atoms with E-state index in [1.54, 1.807) is 48.5 Å². The van der Waals surface area contributed by atoms with Gasteiger partial charge in [-0.05, 0) is 61.0 Å². The molecule has 0 aliphatic heterocycles. The van der Waals surface area contributed by atoms with Gasteiger partial charge in [0.05, 0.1) is 42.1 Å². The molecule has 0 saturated heterocycles. The number of anilines is 2. The number of para-hydroxylation sites is 3. The van der Waals surface area contributed by atoms with Crippen LogP contribution in [0.5, 0.6) is 11.5 Å². The van der Waals surface area contributed by atoms with Gasteiger partial charge in [-0.2, -0.15) is 0 Å². The summed E-state index contributed by atoms with van der Waals surface area (Å²) in [6, 6.07) is 28.1. The molecule has 10 heteroatoms. The number of rotatable bonds is 11. The molecule has 212 valence electrons. The smallest absolute Gasteiger partial charge is 0.264 e. The highest BCUT2D eigenvalue weighted by Gasteiger charge is 2.30. The van der Waals surface area contributed by atoms with Gasteiger partial charge in [-0.25, -0.2) is 8.42 Å². The molecule has 0 unspecified atom stereocenters. The van der Waals surface area contributed by atoms with Crippen LogP contribution in [0.1, 0.15) is 28.9 Å². The monoisotopic (exact) mass is 573 g/mol. The zero-order valence-corrected chi connectivity index (χ0v) is 23.7. The van der Waals surface area contributed by atoms with Crippen molar-refractivity contribution in [3.63, 3.8) is 0 Å². The first-order valence-corrected chi connectivity index (χ1v) is 14.2. The first-order chi connectivity index (χ1) is 19.7. The van der Waals surface area contributed by atoms with Crippen molar-refractivity contribution >= 4 is 33.2 Å². The van der Waals surface area contributed by atoms with Gasteiger partial charge in [0.1, 0.15) is 18.0 Å². The van der Waals surface area contributed by atoms with Crippen molar-refractivity contribution in [2.75, 3.05) is 30.4 Å². The molecule has 2 N–H and O–H groups in total. The van der Waals surface area contributed by atoms with Crippen molar-refractivity contribution in [1.29, 1.82) is 0 Å². The van der Waals surface area contributed by atoms with Crippen LogP contribution in [0.2, 0.25) is 0 Å². The van der Waals surface area contributed by atoms with E-state index >= 15 is 0 Å². The highest BCUT2D eigenvalue weighted by Crippen LogP contribution is 2.32. The van der Waals surface area contributed by atoms with Gasteiger partial charge >= 0.3 is 0 Å². The normalized spacial score (nSPS) is 11.7. The second-order valence-corrected chi connectivity index (χ2v) is 10.9. The number of nitrogens with zero attached hydrogens (tertiary/aromatic N) is 1. The number of nitrogens with one attached hydrogen (secondary N) is 2. The van der Waals surface area contributed by atoms with Crippen molar-refractivity contribution in [2.24, 2.45) is 0 Å². The van der Waals surface area contributed by atoms with Crippen molar-refractivity contribution in [3.8, 4) is 11.5 Å². The van der Waals surface area contributed by atoms with E-state index in [2.05, 4.69) is 10.6 Å². The van der Waals surface area contributed by atoms with E-state index < -0.39 is 22.5 Å². The second-order valence-electron chi connectivity index (χ2n) is 9.06. The first-order valence-electron chi connectivity index (χ1n) is 12.8. The van der Waals surface area contributed by atoms with Crippen LogP contribution in [0.4, 0.5) is 11.4 Å².